The van der Waals surface area contributed by atoms with Gasteiger partial charge in [0.2, 0.25) is 0 Å². The molecule has 0 spiro atoms. The van der Waals surface area contributed by atoms with Gasteiger partial charge in [0.05, 0.1) is 0 Å². The number of hydrogen-bond donors (Lipinski definition) is 0. The number of ether oxygens (including phenoxy) is 3. The highest BCUT2D eigenvalue weighted by Crippen LogP contribution is 2.13. The van der Waals surface area contributed by atoms with Crippen molar-refractivity contribution in [2.75, 3.05) is 13.2 Å². The largest absolute Gasteiger partial charge is 0.462 e. The summed E-state index contributed by atoms with van der Waals surface area (Å²) in [7, 11) is 0. The summed E-state index contributed by atoms with van der Waals surface area (Å²) in [6.45, 7) is 6.49. The number of carbonyl (C=O) groups excluding carboxylic acids is 3. The van der Waals surface area contributed by atoms with E-state index in [1.165, 1.54) is 77.0 Å². The molecule has 0 bridgehead atoms. The predicted molar refractivity (Wildman–Crippen MR) is 196 cm³/mol. The Labute approximate surface area is 290 Å². The van der Waals surface area contributed by atoms with Crippen LogP contribution in [0.3, 0.4) is 0 Å². The van der Waals surface area contributed by atoms with Gasteiger partial charge >= 0.3 is 17.9 Å². The van der Waals surface area contributed by atoms with E-state index in [0.717, 1.165) is 83.5 Å². The van der Waals surface area contributed by atoms with Gasteiger partial charge in [0.1, 0.15) is 13.2 Å². The van der Waals surface area contributed by atoms with Crippen LogP contribution in [0.15, 0.2) is 24.3 Å². The first kappa shape index (κ1) is 44.9. The standard InChI is InChI=1S/C41H74O6/c1-4-7-10-13-16-17-18-19-20-21-22-23-26-29-32-35-41(44)47-38(36-45-39(42)33-30-27-24-14-11-8-5-2)37-46-40(43)34-31-28-25-15-12-9-6-3/h16-17,19-20,38H,4-15,18,21-37H2,1-3H3/b17-16-,20-19-/i39+1,40+1. The molecule has 0 heterocycles. The van der Waals surface area contributed by atoms with Crippen molar-refractivity contribution in [1.82, 2.24) is 0 Å². The van der Waals surface area contributed by atoms with Crippen LogP contribution in [-0.2, 0) is 28.6 Å². The summed E-state index contributed by atoms with van der Waals surface area (Å²) in [5.41, 5.74) is 0. The third-order valence-electron chi connectivity index (χ3n) is 8.46. The van der Waals surface area contributed by atoms with Gasteiger partial charge in [0, 0.05) is 19.3 Å². The molecule has 0 aliphatic heterocycles. The molecule has 0 atom stereocenters. The Morgan fingerprint density at radius 2 is 0.766 bits per heavy atom. The summed E-state index contributed by atoms with van der Waals surface area (Å²) >= 11 is 0. The Morgan fingerprint density at radius 3 is 1.21 bits per heavy atom. The highest BCUT2D eigenvalue weighted by atomic mass is 16.7. The van der Waals surface area contributed by atoms with E-state index in [4.69, 9.17) is 14.2 Å². The van der Waals surface area contributed by atoms with Crippen molar-refractivity contribution in [2.45, 2.75) is 207 Å². The number of rotatable bonds is 35. The van der Waals surface area contributed by atoms with E-state index in [9.17, 15) is 14.4 Å². The lowest BCUT2D eigenvalue weighted by Crippen LogP contribution is -2.30. The Morgan fingerprint density at radius 1 is 0.426 bits per heavy atom. The minimum absolute atomic E-state index is 0.0754. The van der Waals surface area contributed by atoms with Gasteiger partial charge in [-0.15, -0.1) is 0 Å². The van der Waals surface area contributed by atoms with Gasteiger partial charge in [-0.1, -0.05) is 154 Å². The SMILES string of the molecule is CCCCC/C=C\C/C=C\CCCCCCCC(=O)OC(CO[13C](=O)CCCCCCCCC)CO[13C](=O)CCCCCCCCC. The second kappa shape index (κ2) is 36.7. The lowest BCUT2D eigenvalue weighted by atomic mass is 10.1. The quantitative estimate of drug-likeness (QED) is 0.0220. The molecule has 0 aromatic rings. The molecule has 0 amide bonds. The van der Waals surface area contributed by atoms with E-state index in [1.807, 2.05) is 0 Å². The van der Waals surface area contributed by atoms with Crippen LogP contribution in [0.25, 0.3) is 0 Å². The summed E-state index contributed by atoms with van der Waals surface area (Å²) < 4.78 is 16.5. The van der Waals surface area contributed by atoms with E-state index in [-0.39, 0.29) is 31.1 Å². The molecule has 274 valence electrons. The van der Waals surface area contributed by atoms with Crippen LogP contribution >= 0.6 is 0 Å². The lowest BCUT2D eigenvalue weighted by Gasteiger charge is -2.18. The maximum Gasteiger partial charge on any atom is 0.306 e. The monoisotopic (exact) mass is 665 g/mol. The van der Waals surface area contributed by atoms with E-state index in [1.54, 1.807) is 0 Å². The second-order valence-corrected chi connectivity index (χ2v) is 13.2. The fourth-order valence-electron chi connectivity index (χ4n) is 5.41. The van der Waals surface area contributed by atoms with Gasteiger partial charge in [-0.2, -0.15) is 0 Å². The molecule has 6 nitrogen and oxygen atoms in total. The zero-order chi connectivity index (χ0) is 34.5. The van der Waals surface area contributed by atoms with Crippen LogP contribution in [0.1, 0.15) is 201 Å². The first-order valence-electron chi connectivity index (χ1n) is 19.8. The van der Waals surface area contributed by atoms with Gasteiger partial charge in [0.25, 0.3) is 0 Å². The normalized spacial score (nSPS) is 11.6. The van der Waals surface area contributed by atoms with Crippen LogP contribution in [0.4, 0.5) is 0 Å². The molecule has 0 radical (unpaired) electrons. The van der Waals surface area contributed by atoms with Crippen molar-refractivity contribution in [1.29, 1.82) is 0 Å². The summed E-state index contributed by atoms with van der Waals surface area (Å²) in [5, 5.41) is 0. The van der Waals surface area contributed by atoms with Gasteiger partial charge in [0.15, 0.2) is 6.10 Å². The molecule has 0 fully saturated rings. The average Bonchev–Trinajstić information content (AvgIpc) is 3.06. The molecule has 0 aromatic heterocycles. The first-order chi connectivity index (χ1) is 23.0. The van der Waals surface area contributed by atoms with Crippen molar-refractivity contribution in [3.63, 3.8) is 0 Å². The summed E-state index contributed by atoms with van der Waals surface area (Å²) in [5.74, 6) is -0.905. The fourth-order valence-corrected chi connectivity index (χ4v) is 5.41. The average molecular weight is 665 g/mol. The highest BCUT2D eigenvalue weighted by Gasteiger charge is 2.19. The zero-order valence-electron chi connectivity index (χ0n) is 31.0. The number of esters is 3. The maximum absolute atomic E-state index is 12.6. The van der Waals surface area contributed by atoms with Crippen molar-refractivity contribution < 1.29 is 28.6 Å². The first-order valence-corrected chi connectivity index (χ1v) is 19.8. The van der Waals surface area contributed by atoms with Gasteiger partial charge in [-0.25, -0.2) is 0 Å². The molecular weight excluding hydrogens is 590 g/mol. The molecule has 0 aromatic carbocycles. The van der Waals surface area contributed by atoms with Crippen molar-refractivity contribution in [3.8, 4) is 0 Å². The molecule has 0 unspecified atom stereocenters. The molecule has 47 heavy (non-hydrogen) atoms. The van der Waals surface area contributed by atoms with Crippen molar-refractivity contribution in [3.05, 3.63) is 24.3 Å². The van der Waals surface area contributed by atoms with Gasteiger partial charge in [-0.3, -0.25) is 14.4 Å². The Hall–Kier alpha value is -2.11. The van der Waals surface area contributed by atoms with E-state index in [0.29, 0.717) is 19.3 Å². The van der Waals surface area contributed by atoms with Crippen LogP contribution in [0.2, 0.25) is 0 Å². The van der Waals surface area contributed by atoms with Crippen LogP contribution in [-0.4, -0.2) is 37.2 Å². The lowest BCUT2D eigenvalue weighted by molar-refractivity contribution is -0.167. The minimum atomic E-state index is -0.767. The second-order valence-electron chi connectivity index (χ2n) is 13.2. The van der Waals surface area contributed by atoms with Crippen LogP contribution in [0.5, 0.6) is 0 Å². The minimum Gasteiger partial charge on any atom is -0.462 e. The summed E-state index contributed by atoms with van der Waals surface area (Å²) in [6, 6.07) is 0. The Kier molecular flexibility index (Phi) is 35.1. The van der Waals surface area contributed by atoms with Gasteiger partial charge < -0.3 is 14.2 Å². The molecule has 0 rings (SSSR count). The van der Waals surface area contributed by atoms with Crippen LogP contribution in [0, 0.1) is 0 Å². The fraction of sp³-hybridized carbons (Fsp3) is 0.829. The molecule has 0 aliphatic carbocycles. The van der Waals surface area contributed by atoms with E-state index >= 15 is 0 Å². The summed E-state index contributed by atoms with van der Waals surface area (Å²) in [4.78, 5) is 37.2. The molecule has 6 heteroatoms. The zero-order valence-corrected chi connectivity index (χ0v) is 31.0. The predicted octanol–water partition coefficient (Wildman–Crippen LogP) is 12.1. The smallest absolute Gasteiger partial charge is 0.306 e. The topological polar surface area (TPSA) is 78.9 Å². The molecule has 0 saturated heterocycles. The van der Waals surface area contributed by atoms with Crippen LogP contribution < -0.4 is 0 Å². The molecule has 0 saturated carbocycles. The van der Waals surface area contributed by atoms with Gasteiger partial charge in [-0.05, 0) is 51.4 Å². The van der Waals surface area contributed by atoms with Crippen molar-refractivity contribution >= 4 is 17.9 Å². The number of unbranched alkanes of at least 4 members (excludes halogenated alkanes) is 20. The third-order valence-corrected chi connectivity index (χ3v) is 8.46. The highest BCUT2D eigenvalue weighted by molar-refractivity contribution is 5.71. The molecular formula is C41H74O6. The Balaban J connectivity index is 4.32. The molecule has 0 N–H and O–H groups in total. The van der Waals surface area contributed by atoms with Crippen molar-refractivity contribution in [2.24, 2.45) is 0 Å². The molecule has 0 aliphatic rings. The van der Waals surface area contributed by atoms with E-state index < -0.39 is 6.10 Å². The number of allylic oxidation sites excluding steroid dienone is 4. The number of carbonyl (C=O) groups is 3. The van der Waals surface area contributed by atoms with E-state index in [2.05, 4.69) is 45.1 Å². The summed E-state index contributed by atoms with van der Waals surface area (Å²) in [6.07, 6.45) is 37.5. The Bertz CT molecular complexity index is 740. The third kappa shape index (κ3) is 35.0. The maximum atomic E-state index is 12.6. The number of hydrogen-bond acceptors (Lipinski definition) is 6.